The summed E-state index contributed by atoms with van der Waals surface area (Å²) in [7, 11) is 0. The van der Waals surface area contributed by atoms with Crippen molar-refractivity contribution < 1.29 is 13.5 Å². The smallest absolute Gasteiger partial charge is 0.295 e. The van der Waals surface area contributed by atoms with Crippen LogP contribution in [-0.4, -0.2) is 23.7 Å². The van der Waals surface area contributed by atoms with Gasteiger partial charge < -0.3 is 14.5 Å². The number of rotatable bonds is 3. The van der Waals surface area contributed by atoms with E-state index in [1.54, 1.807) is 6.07 Å². The molecule has 96 valence electrons. The predicted octanol–water partition coefficient (Wildman–Crippen LogP) is 2.95. The van der Waals surface area contributed by atoms with E-state index < -0.39 is 0 Å². The molecule has 18 heavy (non-hydrogen) atoms. The summed E-state index contributed by atoms with van der Waals surface area (Å²) in [5.41, 5.74) is 0.942. The van der Waals surface area contributed by atoms with E-state index in [1.165, 1.54) is 12.1 Å². The van der Waals surface area contributed by atoms with Gasteiger partial charge in [-0.15, -0.1) is 0 Å². The molecule has 1 aromatic heterocycles. The normalized spacial score (nSPS) is 23.7. The van der Waals surface area contributed by atoms with Crippen molar-refractivity contribution in [1.29, 1.82) is 0 Å². The lowest BCUT2D eigenvalue weighted by Crippen LogP contribution is -2.32. The summed E-state index contributed by atoms with van der Waals surface area (Å²) in [5, 5.41) is 3.11. The van der Waals surface area contributed by atoms with E-state index in [1.807, 2.05) is 0 Å². The Morgan fingerprint density at radius 1 is 1.50 bits per heavy atom. The van der Waals surface area contributed by atoms with Gasteiger partial charge in [-0.2, -0.15) is 4.98 Å². The molecule has 1 aliphatic heterocycles. The Bertz CT molecular complexity index is 561. The fourth-order valence-electron chi connectivity index (χ4n) is 2.22. The number of nitrogens with zero attached hydrogens (tertiary/aromatic N) is 1. The number of nitrogens with one attached hydrogen (secondary N) is 1. The van der Waals surface area contributed by atoms with Crippen LogP contribution >= 0.6 is 0 Å². The van der Waals surface area contributed by atoms with Crippen LogP contribution in [0.25, 0.3) is 11.1 Å². The number of benzene rings is 1. The molecule has 1 N–H and O–H groups in total. The van der Waals surface area contributed by atoms with Crippen molar-refractivity contribution in [1.82, 2.24) is 4.98 Å². The van der Waals surface area contributed by atoms with Crippen LogP contribution in [0.2, 0.25) is 0 Å². The van der Waals surface area contributed by atoms with Gasteiger partial charge in [0.1, 0.15) is 11.3 Å². The van der Waals surface area contributed by atoms with Crippen molar-refractivity contribution >= 4 is 17.1 Å². The van der Waals surface area contributed by atoms with Gasteiger partial charge >= 0.3 is 0 Å². The zero-order valence-corrected chi connectivity index (χ0v) is 10.2. The molecule has 1 aromatic carbocycles. The number of hydrogen-bond acceptors (Lipinski definition) is 4. The van der Waals surface area contributed by atoms with Gasteiger partial charge in [-0.05, 0) is 31.9 Å². The minimum absolute atomic E-state index is 0.161. The summed E-state index contributed by atoms with van der Waals surface area (Å²) in [5.74, 6) is -0.312. The minimum Gasteiger partial charge on any atom is -0.424 e. The molecule has 0 radical (unpaired) electrons. The van der Waals surface area contributed by atoms with Crippen LogP contribution in [0, 0.1) is 5.82 Å². The predicted molar refractivity (Wildman–Crippen MR) is 66.0 cm³/mol. The second kappa shape index (κ2) is 4.24. The molecule has 5 heteroatoms. The number of ether oxygens (including phenoxy) is 1. The third-order valence-corrected chi connectivity index (χ3v) is 3.26. The van der Waals surface area contributed by atoms with Gasteiger partial charge in [-0.3, -0.25) is 0 Å². The lowest BCUT2D eigenvalue weighted by molar-refractivity contribution is 0.0311. The van der Waals surface area contributed by atoms with Crippen LogP contribution in [0.3, 0.4) is 0 Å². The minimum atomic E-state index is -0.312. The van der Waals surface area contributed by atoms with E-state index in [2.05, 4.69) is 17.2 Å². The van der Waals surface area contributed by atoms with Crippen molar-refractivity contribution in [2.75, 3.05) is 18.5 Å². The molecule has 0 bridgehead atoms. The first kappa shape index (κ1) is 11.5. The van der Waals surface area contributed by atoms with E-state index in [-0.39, 0.29) is 11.4 Å². The quantitative estimate of drug-likeness (QED) is 0.909. The van der Waals surface area contributed by atoms with Crippen molar-refractivity contribution in [2.24, 2.45) is 0 Å². The average Bonchev–Trinajstić information content (AvgIpc) is 2.93. The number of hydrogen-bond donors (Lipinski definition) is 1. The van der Waals surface area contributed by atoms with E-state index >= 15 is 0 Å². The molecule has 1 saturated heterocycles. The summed E-state index contributed by atoms with van der Waals surface area (Å²) in [4.78, 5) is 4.19. The lowest BCUT2D eigenvalue weighted by Gasteiger charge is -2.22. The second-order valence-corrected chi connectivity index (χ2v) is 4.89. The standard InChI is InChI=1S/C13H15FN2O2/c1-13(5-2-6-17-13)8-15-12-16-10-7-9(14)3-4-11(10)18-12/h3-4,7H,2,5-6,8H2,1H3,(H,15,16). The van der Waals surface area contributed by atoms with Gasteiger partial charge in [0.25, 0.3) is 6.01 Å². The van der Waals surface area contributed by atoms with Gasteiger partial charge in [0.05, 0.1) is 5.60 Å². The molecule has 0 spiro atoms. The summed E-state index contributed by atoms with van der Waals surface area (Å²) < 4.78 is 24.2. The van der Waals surface area contributed by atoms with E-state index in [9.17, 15) is 4.39 Å². The summed E-state index contributed by atoms with van der Waals surface area (Å²) in [6, 6.07) is 4.71. The third kappa shape index (κ3) is 2.18. The monoisotopic (exact) mass is 250 g/mol. The molecular formula is C13H15FN2O2. The van der Waals surface area contributed by atoms with Crippen LogP contribution in [0.1, 0.15) is 19.8 Å². The average molecular weight is 250 g/mol. The van der Waals surface area contributed by atoms with Crippen LogP contribution < -0.4 is 5.32 Å². The van der Waals surface area contributed by atoms with Crippen molar-refractivity contribution in [3.05, 3.63) is 24.0 Å². The van der Waals surface area contributed by atoms with Gasteiger partial charge in [0.15, 0.2) is 5.58 Å². The Hall–Kier alpha value is -1.62. The maximum absolute atomic E-state index is 13.0. The number of aromatic nitrogens is 1. The van der Waals surface area contributed by atoms with E-state index in [4.69, 9.17) is 9.15 Å². The lowest BCUT2D eigenvalue weighted by atomic mass is 10.0. The fraction of sp³-hybridized carbons (Fsp3) is 0.462. The van der Waals surface area contributed by atoms with Crippen LogP contribution in [0.4, 0.5) is 10.4 Å². The van der Waals surface area contributed by atoms with Gasteiger partial charge in [0, 0.05) is 19.2 Å². The Balaban J connectivity index is 1.74. The second-order valence-electron chi connectivity index (χ2n) is 4.89. The van der Waals surface area contributed by atoms with E-state index in [0.29, 0.717) is 23.7 Å². The fourth-order valence-corrected chi connectivity index (χ4v) is 2.22. The number of fused-ring (bicyclic) bond motifs is 1. The summed E-state index contributed by atoms with van der Waals surface area (Å²) in [6.07, 6.45) is 2.10. The summed E-state index contributed by atoms with van der Waals surface area (Å²) >= 11 is 0. The highest BCUT2D eigenvalue weighted by Gasteiger charge is 2.29. The number of anilines is 1. The highest BCUT2D eigenvalue weighted by atomic mass is 19.1. The number of oxazole rings is 1. The van der Waals surface area contributed by atoms with Crippen molar-refractivity contribution in [3.63, 3.8) is 0 Å². The zero-order valence-electron chi connectivity index (χ0n) is 10.2. The Labute approximate surface area is 104 Å². The first-order valence-electron chi connectivity index (χ1n) is 6.09. The molecule has 0 saturated carbocycles. The maximum Gasteiger partial charge on any atom is 0.295 e. The highest BCUT2D eigenvalue weighted by molar-refractivity contribution is 5.74. The van der Waals surface area contributed by atoms with E-state index in [0.717, 1.165) is 19.4 Å². The molecule has 1 atom stereocenters. The Kier molecular flexibility index (Phi) is 2.70. The van der Waals surface area contributed by atoms with Gasteiger partial charge in [0.2, 0.25) is 0 Å². The van der Waals surface area contributed by atoms with Gasteiger partial charge in [-0.25, -0.2) is 4.39 Å². The molecule has 0 amide bonds. The largest absolute Gasteiger partial charge is 0.424 e. The van der Waals surface area contributed by atoms with Crippen molar-refractivity contribution in [2.45, 2.75) is 25.4 Å². The van der Waals surface area contributed by atoms with Crippen LogP contribution in [0.5, 0.6) is 0 Å². The molecule has 1 unspecified atom stereocenters. The molecule has 0 aliphatic carbocycles. The maximum atomic E-state index is 13.0. The molecule has 4 nitrogen and oxygen atoms in total. The van der Waals surface area contributed by atoms with Gasteiger partial charge in [-0.1, -0.05) is 0 Å². The van der Waals surface area contributed by atoms with Crippen LogP contribution in [-0.2, 0) is 4.74 Å². The molecule has 3 rings (SSSR count). The first-order chi connectivity index (χ1) is 8.65. The number of halogens is 1. The third-order valence-electron chi connectivity index (χ3n) is 3.26. The Morgan fingerprint density at radius 2 is 2.39 bits per heavy atom. The van der Waals surface area contributed by atoms with Crippen LogP contribution in [0.15, 0.2) is 22.6 Å². The molecule has 1 fully saturated rings. The first-order valence-corrected chi connectivity index (χ1v) is 6.09. The molecule has 2 heterocycles. The SMILES string of the molecule is CC1(CNc2nc3cc(F)ccc3o2)CCCO1. The molecule has 1 aliphatic rings. The Morgan fingerprint density at radius 3 is 3.17 bits per heavy atom. The van der Waals surface area contributed by atoms with Crippen molar-refractivity contribution in [3.8, 4) is 0 Å². The zero-order chi connectivity index (χ0) is 12.6. The molecule has 2 aromatic rings. The summed E-state index contributed by atoms with van der Waals surface area (Å²) in [6.45, 7) is 3.51. The highest BCUT2D eigenvalue weighted by Crippen LogP contribution is 2.26. The topological polar surface area (TPSA) is 47.3 Å². The molecular weight excluding hydrogens is 235 g/mol.